The van der Waals surface area contributed by atoms with Crippen molar-refractivity contribution in [1.29, 1.82) is 0 Å². The van der Waals surface area contributed by atoms with Crippen LogP contribution in [0.1, 0.15) is 37.1 Å². The van der Waals surface area contributed by atoms with Gasteiger partial charge in [0.2, 0.25) is 16.9 Å². The molecule has 1 aliphatic carbocycles. The summed E-state index contributed by atoms with van der Waals surface area (Å²) in [6.07, 6.45) is 5.51. The Morgan fingerprint density at radius 1 is 1.12 bits per heavy atom. The van der Waals surface area contributed by atoms with Crippen molar-refractivity contribution >= 4 is 45.7 Å². The van der Waals surface area contributed by atoms with Crippen molar-refractivity contribution in [3.05, 3.63) is 29.3 Å². The van der Waals surface area contributed by atoms with Gasteiger partial charge in [-0.05, 0) is 44.0 Å². The number of aryl methyl sites for hydroxylation is 1. The maximum Gasteiger partial charge on any atom is 0.236 e. The molecule has 0 bridgehead atoms. The van der Waals surface area contributed by atoms with Gasteiger partial charge in [0.1, 0.15) is 5.01 Å². The molecule has 8 heteroatoms. The minimum Gasteiger partial charge on any atom is -0.326 e. The Balaban J connectivity index is 1.45. The number of carbonyl (C=O) groups is 2. The molecule has 2 amide bonds. The van der Waals surface area contributed by atoms with Gasteiger partial charge >= 0.3 is 0 Å². The van der Waals surface area contributed by atoms with Crippen LogP contribution in [0.25, 0.3) is 0 Å². The minimum absolute atomic E-state index is 0.110. The second-order valence-corrected chi connectivity index (χ2v) is 8.54. The first-order valence-corrected chi connectivity index (χ1v) is 10.5. The van der Waals surface area contributed by atoms with Crippen molar-refractivity contribution < 1.29 is 9.59 Å². The van der Waals surface area contributed by atoms with Gasteiger partial charge in [-0.3, -0.25) is 14.9 Å². The molecule has 1 aromatic heterocycles. The van der Waals surface area contributed by atoms with E-state index in [-0.39, 0.29) is 17.7 Å². The lowest BCUT2D eigenvalue weighted by molar-refractivity contribution is -0.120. The van der Waals surface area contributed by atoms with E-state index in [1.54, 1.807) is 0 Å². The maximum absolute atomic E-state index is 12.3. The van der Waals surface area contributed by atoms with E-state index in [9.17, 15) is 9.59 Å². The van der Waals surface area contributed by atoms with Gasteiger partial charge in [-0.1, -0.05) is 30.6 Å². The summed E-state index contributed by atoms with van der Waals surface area (Å²) in [5, 5.41) is 14.8. The number of thioether (sulfide) groups is 1. The van der Waals surface area contributed by atoms with Crippen LogP contribution in [0.2, 0.25) is 0 Å². The second-order valence-electron chi connectivity index (χ2n) is 6.31. The summed E-state index contributed by atoms with van der Waals surface area (Å²) in [4.78, 5) is 25.2. The molecule has 6 nitrogen and oxygen atoms in total. The van der Waals surface area contributed by atoms with Crippen LogP contribution >= 0.6 is 23.1 Å². The Hall–Kier alpha value is -1.93. The second kappa shape index (κ2) is 9.14. The molecule has 26 heavy (non-hydrogen) atoms. The Bertz CT molecular complexity index is 755. The van der Waals surface area contributed by atoms with E-state index in [1.165, 1.54) is 29.5 Å². The summed E-state index contributed by atoms with van der Waals surface area (Å²) in [5.74, 6) is 0.454. The fraction of sp³-hybridized carbons (Fsp3) is 0.444. The standard InChI is InChI=1S/C18H22N4O2S2/c1-12-21-22-18(26-12)20-16(23)11-25-15-9-7-14(8-10-15)19-17(24)13-5-3-2-4-6-13/h7-10,13H,2-6,11H2,1H3,(H,19,24)(H,20,22,23). The van der Waals surface area contributed by atoms with Crippen molar-refractivity contribution in [3.8, 4) is 0 Å². The highest BCUT2D eigenvalue weighted by atomic mass is 32.2. The van der Waals surface area contributed by atoms with Crippen LogP contribution in [0.5, 0.6) is 0 Å². The predicted octanol–water partition coefficient (Wildman–Crippen LogP) is 4.10. The van der Waals surface area contributed by atoms with Crippen molar-refractivity contribution in [2.75, 3.05) is 16.4 Å². The average molecular weight is 391 g/mol. The normalized spacial score (nSPS) is 14.8. The third-order valence-corrected chi connectivity index (χ3v) is 6.01. The van der Waals surface area contributed by atoms with Gasteiger partial charge in [-0.25, -0.2) is 0 Å². The number of carbonyl (C=O) groups excluding carboxylic acids is 2. The van der Waals surface area contributed by atoms with E-state index in [0.717, 1.165) is 41.3 Å². The Morgan fingerprint density at radius 3 is 2.50 bits per heavy atom. The highest BCUT2D eigenvalue weighted by Gasteiger charge is 2.20. The lowest BCUT2D eigenvalue weighted by Gasteiger charge is -2.20. The topological polar surface area (TPSA) is 84.0 Å². The maximum atomic E-state index is 12.3. The van der Waals surface area contributed by atoms with Crippen LogP contribution in [-0.2, 0) is 9.59 Å². The highest BCUT2D eigenvalue weighted by molar-refractivity contribution is 8.00. The van der Waals surface area contributed by atoms with Gasteiger partial charge in [0.05, 0.1) is 5.75 Å². The quantitative estimate of drug-likeness (QED) is 0.726. The van der Waals surface area contributed by atoms with E-state index in [2.05, 4.69) is 20.8 Å². The summed E-state index contributed by atoms with van der Waals surface area (Å²) in [6.45, 7) is 1.84. The molecule has 3 rings (SSSR count). The number of hydrogen-bond donors (Lipinski definition) is 2. The number of benzene rings is 1. The summed E-state index contributed by atoms with van der Waals surface area (Å²) >= 11 is 2.80. The van der Waals surface area contributed by atoms with Crippen molar-refractivity contribution in [1.82, 2.24) is 10.2 Å². The number of nitrogens with one attached hydrogen (secondary N) is 2. The molecule has 138 valence electrons. The molecule has 1 heterocycles. The largest absolute Gasteiger partial charge is 0.326 e. The molecule has 0 atom stereocenters. The summed E-state index contributed by atoms with van der Waals surface area (Å²) < 4.78 is 0. The smallest absolute Gasteiger partial charge is 0.236 e. The first-order chi connectivity index (χ1) is 12.6. The SMILES string of the molecule is Cc1nnc(NC(=O)CSc2ccc(NC(=O)C3CCCCC3)cc2)s1. The monoisotopic (exact) mass is 390 g/mol. The number of hydrogen-bond acceptors (Lipinski definition) is 6. The molecule has 0 radical (unpaired) electrons. The van der Waals surface area contributed by atoms with Crippen LogP contribution in [0.3, 0.4) is 0 Å². The molecular weight excluding hydrogens is 368 g/mol. The van der Waals surface area contributed by atoms with Gasteiger partial charge in [0.25, 0.3) is 0 Å². The van der Waals surface area contributed by atoms with Crippen LogP contribution in [-0.4, -0.2) is 27.8 Å². The van der Waals surface area contributed by atoms with Gasteiger partial charge < -0.3 is 5.32 Å². The summed E-state index contributed by atoms with van der Waals surface area (Å²) in [6, 6.07) is 7.61. The first-order valence-electron chi connectivity index (χ1n) is 8.74. The van der Waals surface area contributed by atoms with Gasteiger partial charge in [-0.2, -0.15) is 0 Å². The Kier molecular flexibility index (Phi) is 6.62. The van der Waals surface area contributed by atoms with Crippen LogP contribution in [0.4, 0.5) is 10.8 Å². The molecule has 1 saturated carbocycles. The average Bonchev–Trinajstić information content (AvgIpc) is 3.06. The van der Waals surface area contributed by atoms with Crippen molar-refractivity contribution in [3.63, 3.8) is 0 Å². The lowest BCUT2D eigenvalue weighted by atomic mass is 9.88. The third kappa shape index (κ3) is 5.54. The van der Waals surface area contributed by atoms with E-state index in [0.29, 0.717) is 10.9 Å². The lowest BCUT2D eigenvalue weighted by Crippen LogP contribution is -2.24. The van der Waals surface area contributed by atoms with Crippen LogP contribution < -0.4 is 10.6 Å². The number of aromatic nitrogens is 2. The number of amides is 2. The zero-order chi connectivity index (χ0) is 18.4. The van der Waals surface area contributed by atoms with Crippen molar-refractivity contribution in [2.24, 2.45) is 5.92 Å². The first kappa shape index (κ1) is 18.8. The molecule has 0 aliphatic heterocycles. The Morgan fingerprint density at radius 2 is 1.85 bits per heavy atom. The molecule has 1 aromatic carbocycles. The number of anilines is 2. The minimum atomic E-state index is -0.110. The van der Waals surface area contributed by atoms with E-state index < -0.39 is 0 Å². The van der Waals surface area contributed by atoms with Crippen LogP contribution in [0, 0.1) is 12.8 Å². The van der Waals surface area contributed by atoms with E-state index >= 15 is 0 Å². The van der Waals surface area contributed by atoms with E-state index in [4.69, 9.17) is 0 Å². The molecule has 1 aliphatic rings. The molecule has 0 spiro atoms. The van der Waals surface area contributed by atoms with E-state index in [1.807, 2.05) is 31.2 Å². The highest BCUT2D eigenvalue weighted by Crippen LogP contribution is 2.26. The molecule has 2 N–H and O–H groups in total. The predicted molar refractivity (Wildman–Crippen MR) is 106 cm³/mol. The molecule has 0 unspecified atom stereocenters. The zero-order valence-electron chi connectivity index (χ0n) is 14.7. The molecule has 1 fully saturated rings. The van der Waals surface area contributed by atoms with Gasteiger partial charge in [0.15, 0.2) is 0 Å². The molecular formula is C18H22N4O2S2. The number of rotatable bonds is 6. The summed E-state index contributed by atoms with van der Waals surface area (Å²) in [5.41, 5.74) is 0.804. The third-order valence-electron chi connectivity index (χ3n) is 4.24. The van der Waals surface area contributed by atoms with Gasteiger partial charge in [0, 0.05) is 16.5 Å². The summed E-state index contributed by atoms with van der Waals surface area (Å²) in [7, 11) is 0. The fourth-order valence-corrected chi connectivity index (χ4v) is 4.20. The fourth-order valence-electron chi connectivity index (χ4n) is 2.89. The molecule has 2 aromatic rings. The number of nitrogens with zero attached hydrogens (tertiary/aromatic N) is 2. The zero-order valence-corrected chi connectivity index (χ0v) is 16.3. The van der Waals surface area contributed by atoms with Gasteiger partial charge in [-0.15, -0.1) is 22.0 Å². The molecule has 0 saturated heterocycles. The van der Waals surface area contributed by atoms with Crippen molar-refractivity contribution in [2.45, 2.75) is 43.9 Å². The van der Waals surface area contributed by atoms with Crippen LogP contribution in [0.15, 0.2) is 29.2 Å². The Labute approximate surface area is 161 Å².